The van der Waals surface area contributed by atoms with Crippen molar-refractivity contribution in [1.29, 1.82) is 0 Å². The summed E-state index contributed by atoms with van der Waals surface area (Å²) in [4.78, 5) is 34.3. The summed E-state index contributed by atoms with van der Waals surface area (Å²) in [6.45, 7) is 5.12. The predicted molar refractivity (Wildman–Crippen MR) is 73.9 cm³/mol. The molecular formula is C14H23NO6. The summed E-state index contributed by atoms with van der Waals surface area (Å²) in [5.41, 5.74) is -1.75. The molecule has 0 aromatic heterocycles. The largest absolute Gasteiger partial charge is 0.481 e. The van der Waals surface area contributed by atoms with E-state index in [1.807, 2.05) is 0 Å². The molecule has 1 atom stereocenters. The van der Waals surface area contributed by atoms with Crippen molar-refractivity contribution in [2.24, 2.45) is 5.92 Å². The zero-order valence-electron chi connectivity index (χ0n) is 12.6. The molecule has 7 nitrogen and oxygen atoms in total. The van der Waals surface area contributed by atoms with Crippen molar-refractivity contribution < 1.29 is 29.3 Å². The molecule has 3 N–H and O–H groups in total. The Labute approximate surface area is 123 Å². The van der Waals surface area contributed by atoms with Gasteiger partial charge in [-0.25, -0.2) is 4.79 Å². The van der Waals surface area contributed by atoms with Gasteiger partial charge in [-0.05, 0) is 33.6 Å². The van der Waals surface area contributed by atoms with Crippen LogP contribution < -0.4 is 5.32 Å². The smallest absolute Gasteiger partial charge is 0.408 e. The molecule has 1 amide bonds. The summed E-state index contributed by atoms with van der Waals surface area (Å²) < 4.78 is 5.17. The maximum absolute atomic E-state index is 12.0. The zero-order chi connectivity index (χ0) is 16.3. The molecule has 21 heavy (non-hydrogen) atoms. The van der Waals surface area contributed by atoms with E-state index in [9.17, 15) is 19.5 Å². The SMILES string of the molecule is CC(C)(C)OC(=O)NC1(C(CC(=O)O)C(=O)O)CCCC1. The lowest BCUT2D eigenvalue weighted by Gasteiger charge is -2.36. The van der Waals surface area contributed by atoms with Crippen LogP contribution in [-0.4, -0.2) is 39.4 Å². The van der Waals surface area contributed by atoms with Gasteiger partial charge in [-0.3, -0.25) is 9.59 Å². The fourth-order valence-electron chi connectivity index (χ4n) is 2.77. The molecule has 1 fully saturated rings. The topological polar surface area (TPSA) is 113 Å². The number of hydrogen-bond donors (Lipinski definition) is 3. The molecule has 0 heterocycles. The second-order valence-corrected chi connectivity index (χ2v) is 6.48. The van der Waals surface area contributed by atoms with Gasteiger partial charge in [0.05, 0.1) is 17.9 Å². The van der Waals surface area contributed by atoms with E-state index >= 15 is 0 Å². The number of amides is 1. The van der Waals surface area contributed by atoms with E-state index in [4.69, 9.17) is 9.84 Å². The molecule has 0 aromatic carbocycles. The summed E-state index contributed by atoms with van der Waals surface area (Å²) in [5.74, 6) is -3.57. The van der Waals surface area contributed by atoms with Crippen LogP contribution in [-0.2, 0) is 14.3 Å². The molecule has 0 radical (unpaired) electrons. The van der Waals surface area contributed by atoms with E-state index in [0.29, 0.717) is 12.8 Å². The van der Waals surface area contributed by atoms with Gasteiger partial charge in [-0.15, -0.1) is 0 Å². The lowest BCUT2D eigenvalue weighted by Crippen LogP contribution is -2.55. The average Bonchev–Trinajstić information content (AvgIpc) is 2.71. The van der Waals surface area contributed by atoms with Crippen LogP contribution in [0.1, 0.15) is 52.9 Å². The Hall–Kier alpha value is -1.79. The molecule has 1 unspecified atom stereocenters. The summed E-state index contributed by atoms with van der Waals surface area (Å²) in [7, 11) is 0. The van der Waals surface area contributed by atoms with Gasteiger partial charge in [0, 0.05) is 0 Å². The highest BCUT2D eigenvalue weighted by atomic mass is 16.6. The van der Waals surface area contributed by atoms with Crippen molar-refractivity contribution in [2.75, 3.05) is 0 Å². The third-order valence-electron chi connectivity index (χ3n) is 3.59. The standard InChI is InChI=1S/C14H23NO6/c1-13(2,3)21-12(20)15-14(6-4-5-7-14)9(11(18)19)8-10(16)17/h9H,4-8H2,1-3H3,(H,15,20)(H,16,17)(H,18,19). The van der Waals surface area contributed by atoms with Crippen LogP contribution in [0.25, 0.3) is 0 Å². The average molecular weight is 301 g/mol. The minimum atomic E-state index is -1.21. The first-order chi connectivity index (χ1) is 9.56. The van der Waals surface area contributed by atoms with Gasteiger partial charge in [-0.1, -0.05) is 12.8 Å². The van der Waals surface area contributed by atoms with Gasteiger partial charge in [0.1, 0.15) is 5.60 Å². The van der Waals surface area contributed by atoms with Crippen molar-refractivity contribution in [3.63, 3.8) is 0 Å². The number of ether oxygens (including phenoxy) is 1. The van der Waals surface area contributed by atoms with Gasteiger partial charge >= 0.3 is 18.0 Å². The minimum Gasteiger partial charge on any atom is -0.481 e. The zero-order valence-corrected chi connectivity index (χ0v) is 12.6. The van der Waals surface area contributed by atoms with Crippen molar-refractivity contribution in [3.8, 4) is 0 Å². The van der Waals surface area contributed by atoms with Gasteiger partial charge in [0.15, 0.2) is 0 Å². The first-order valence-electron chi connectivity index (χ1n) is 7.01. The fraction of sp³-hybridized carbons (Fsp3) is 0.786. The predicted octanol–water partition coefficient (Wildman–Crippen LogP) is 2.00. The third-order valence-corrected chi connectivity index (χ3v) is 3.59. The second-order valence-electron chi connectivity index (χ2n) is 6.48. The number of carbonyl (C=O) groups is 3. The number of rotatable bonds is 5. The molecule has 1 saturated carbocycles. The molecule has 1 rings (SSSR count). The van der Waals surface area contributed by atoms with E-state index in [1.54, 1.807) is 20.8 Å². The minimum absolute atomic E-state index is 0.441. The Kier molecular flexibility index (Phi) is 5.20. The number of nitrogens with one attached hydrogen (secondary N) is 1. The molecule has 0 spiro atoms. The van der Waals surface area contributed by atoms with E-state index in [1.165, 1.54) is 0 Å². The Morgan fingerprint density at radius 3 is 2.10 bits per heavy atom. The molecule has 0 aliphatic heterocycles. The lowest BCUT2D eigenvalue weighted by atomic mass is 9.80. The summed E-state index contributed by atoms with van der Waals surface area (Å²) in [6, 6.07) is 0. The summed E-state index contributed by atoms with van der Waals surface area (Å²) >= 11 is 0. The highest BCUT2D eigenvalue weighted by Gasteiger charge is 2.47. The van der Waals surface area contributed by atoms with Crippen LogP contribution in [0.5, 0.6) is 0 Å². The van der Waals surface area contributed by atoms with Crippen molar-refractivity contribution in [2.45, 2.75) is 64.0 Å². The monoisotopic (exact) mass is 301 g/mol. The quantitative estimate of drug-likeness (QED) is 0.715. The number of carboxylic acids is 2. The van der Waals surface area contributed by atoms with Crippen LogP contribution in [0.2, 0.25) is 0 Å². The van der Waals surface area contributed by atoms with Crippen LogP contribution in [0, 0.1) is 5.92 Å². The number of alkyl carbamates (subject to hydrolysis) is 1. The molecule has 0 bridgehead atoms. The van der Waals surface area contributed by atoms with E-state index in [2.05, 4.69) is 5.32 Å². The van der Waals surface area contributed by atoms with E-state index in [-0.39, 0.29) is 0 Å². The molecule has 1 aliphatic carbocycles. The van der Waals surface area contributed by atoms with Gasteiger partial charge < -0.3 is 20.3 Å². The van der Waals surface area contributed by atoms with Gasteiger partial charge in [-0.2, -0.15) is 0 Å². The lowest BCUT2D eigenvalue weighted by molar-refractivity contribution is -0.151. The molecule has 1 aliphatic rings. The number of carboxylic acid groups (broad SMARTS) is 2. The highest BCUT2D eigenvalue weighted by molar-refractivity contribution is 5.80. The Balaban J connectivity index is 2.93. The Bertz CT molecular complexity index is 420. The highest BCUT2D eigenvalue weighted by Crippen LogP contribution is 2.38. The molecule has 0 aromatic rings. The maximum atomic E-state index is 12.0. The summed E-state index contributed by atoms with van der Waals surface area (Å²) in [6.07, 6.45) is 1.15. The van der Waals surface area contributed by atoms with Gasteiger partial charge in [0.25, 0.3) is 0 Å². The van der Waals surface area contributed by atoms with Crippen molar-refractivity contribution >= 4 is 18.0 Å². The van der Waals surface area contributed by atoms with Gasteiger partial charge in [0.2, 0.25) is 0 Å². The molecule has 7 heteroatoms. The fourth-order valence-corrected chi connectivity index (χ4v) is 2.77. The second kappa shape index (κ2) is 6.32. The maximum Gasteiger partial charge on any atom is 0.408 e. The van der Waals surface area contributed by atoms with Crippen LogP contribution in [0.4, 0.5) is 4.79 Å². The van der Waals surface area contributed by atoms with Crippen molar-refractivity contribution in [3.05, 3.63) is 0 Å². The normalized spacial score (nSPS) is 18.8. The Morgan fingerprint density at radius 1 is 1.19 bits per heavy atom. The van der Waals surface area contributed by atoms with Crippen LogP contribution in [0.3, 0.4) is 0 Å². The van der Waals surface area contributed by atoms with Crippen LogP contribution >= 0.6 is 0 Å². The number of aliphatic carboxylic acids is 2. The molecule has 0 saturated heterocycles. The van der Waals surface area contributed by atoms with E-state index < -0.39 is 41.5 Å². The molecule has 120 valence electrons. The Morgan fingerprint density at radius 2 is 1.71 bits per heavy atom. The summed E-state index contributed by atoms with van der Waals surface area (Å²) in [5, 5.41) is 20.9. The van der Waals surface area contributed by atoms with E-state index in [0.717, 1.165) is 12.8 Å². The van der Waals surface area contributed by atoms with Crippen LogP contribution in [0.15, 0.2) is 0 Å². The first-order valence-corrected chi connectivity index (χ1v) is 7.01. The number of hydrogen-bond acceptors (Lipinski definition) is 4. The third kappa shape index (κ3) is 4.91. The number of carbonyl (C=O) groups excluding carboxylic acids is 1. The molecular weight excluding hydrogens is 278 g/mol. The first kappa shape index (κ1) is 17.3. The van der Waals surface area contributed by atoms with Crippen molar-refractivity contribution in [1.82, 2.24) is 5.32 Å².